The summed E-state index contributed by atoms with van der Waals surface area (Å²) in [6, 6.07) is 23.9. The number of ketones is 2. The summed E-state index contributed by atoms with van der Waals surface area (Å²) in [5.41, 5.74) is 3.69. The lowest BCUT2D eigenvalue weighted by Gasteiger charge is -2.15. The number of nitrogens with zero attached hydrogens (tertiary/aromatic N) is 4. The molecule has 4 N–H and O–H groups in total. The second kappa shape index (κ2) is 22.5. The summed E-state index contributed by atoms with van der Waals surface area (Å²) in [7, 11) is 0. The zero-order valence-corrected chi connectivity index (χ0v) is 38.2. The zero-order chi connectivity index (χ0) is 46.7. The molecule has 0 aromatic heterocycles. The highest BCUT2D eigenvalue weighted by Crippen LogP contribution is 2.32. The fourth-order valence-corrected chi connectivity index (χ4v) is 6.81. The van der Waals surface area contributed by atoms with E-state index in [1.807, 2.05) is 13.8 Å². The molecule has 0 aliphatic heterocycles. The number of rotatable bonds is 17. The number of carbonyl (C=O) groups is 6. The number of anilines is 4. The minimum Gasteiger partial charge on any atom is -0.324 e. The Bertz CT molecular complexity index is 2640. The van der Waals surface area contributed by atoms with Crippen LogP contribution in [-0.2, 0) is 25.1 Å². The number of halogens is 5. The molecule has 5 rings (SSSR count). The van der Waals surface area contributed by atoms with Crippen LogP contribution in [-0.4, -0.2) is 47.3 Å². The third-order valence-electron chi connectivity index (χ3n) is 9.31. The van der Waals surface area contributed by atoms with E-state index in [-0.39, 0.29) is 60.6 Å². The summed E-state index contributed by atoms with van der Waals surface area (Å²) in [6.07, 6.45) is 0. The molecule has 0 aliphatic carbocycles. The van der Waals surface area contributed by atoms with Crippen LogP contribution < -0.4 is 21.3 Å². The van der Waals surface area contributed by atoms with E-state index in [1.165, 1.54) is 54.6 Å². The molecule has 0 heterocycles. The quantitative estimate of drug-likeness (QED) is 0.0406. The smallest absolute Gasteiger partial charge is 0.258 e. The molecule has 0 radical (unpaired) electrons. The maximum atomic E-state index is 13.4. The number of azo groups is 2. The van der Waals surface area contributed by atoms with Crippen LogP contribution in [0.15, 0.2) is 124 Å². The van der Waals surface area contributed by atoms with Gasteiger partial charge in [0.15, 0.2) is 11.6 Å². The molecule has 330 valence electrons. The van der Waals surface area contributed by atoms with Crippen LogP contribution in [0.25, 0.3) is 0 Å². The second-order valence-corrected chi connectivity index (χ2v) is 16.4. The van der Waals surface area contributed by atoms with Crippen molar-refractivity contribution in [3.05, 3.63) is 141 Å². The van der Waals surface area contributed by atoms with Gasteiger partial charge in [0.1, 0.15) is 11.4 Å². The first kappa shape index (κ1) is 49.0. The molecule has 64 heavy (non-hydrogen) atoms. The minimum absolute atomic E-state index is 0.0317. The molecule has 0 saturated heterocycles. The topological polar surface area (TPSA) is 200 Å². The highest BCUT2D eigenvalue weighted by Gasteiger charge is 2.27. The van der Waals surface area contributed by atoms with Crippen LogP contribution in [0.5, 0.6) is 0 Å². The lowest BCUT2D eigenvalue weighted by atomic mass is 10.1. The lowest BCUT2D eigenvalue weighted by Crippen LogP contribution is -2.32. The summed E-state index contributed by atoms with van der Waals surface area (Å²) in [5, 5.41) is 26.1. The Morgan fingerprint density at radius 1 is 0.547 bits per heavy atom. The van der Waals surface area contributed by atoms with Crippen LogP contribution in [0, 0.1) is 0 Å². The first-order valence-corrected chi connectivity index (χ1v) is 21.4. The van der Waals surface area contributed by atoms with Gasteiger partial charge in [0.05, 0.1) is 31.9 Å². The molecule has 5 aromatic carbocycles. The maximum absolute atomic E-state index is 13.4. The van der Waals surface area contributed by atoms with Gasteiger partial charge in [0, 0.05) is 28.6 Å². The van der Waals surface area contributed by atoms with Gasteiger partial charge in [0.25, 0.3) is 23.6 Å². The first-order valence-electron chi connectivity index (χ1n) is 19.3. The van der Waals surface area contributed by atoms with Crippen molar-refractivity contribution in [2.75, 3.05) is 21.3 Å². The molecular formula is C45H39Cl5N8O6. The van der Waals surface area contributed by atoms with E-state index in [2.05, 4.69) is 41.7 Å². The number of carbonyl (C=O) groups excluding carboxylic acids is 6. The Morgan fingerprint density at radius 2 is 0.953 bits per heavy atom. The van der Waals surface area contributed by atoms with Crippen LogP contribution in [0.2, 0.25) is 10.0 Å². The Labute approximate surface area is 393 Å². The Morgan fingerprint density at radius 3 is 1.34 bits per heavy atom. The molecule has 4 amide bonds. The van der Waals surface area contributed by atoms with Crippen molar-refractivity contribution in [1.29, 1.82) is 0 Å². The number of hydrogen-bond donors (Lipinski definition) is 4. The molecule has 0 bridgehead atoms. The van der Waals surface area contributed by atoms with Crippen molar-refractivity contribution >= 4 is 127 Å². The molecule has 4 unspecified atom stereocenters. The number of hydrogen-bond acceptors (Lipinski definition) is 10. The van der Waals surface area contributed by atoms with Crippen LogP contribution in [0.1, 0.15) is 75.9 Å². The number of nitrogens with one attached hydrogen (secondary N) is 4. The van der Waals surface area contributed by atoms with E-state index < -0.39 is 47.3 Å². The average Bonchev–Trinajstić information content (AvgIpc) is 3.25. The minimum atomic E-state index is -1.62. The normalized spacial score (nSPS) is 13.1. The van der Waals surface area contributed by atoms with E-state index in [0.29, 0.717) is 16.9 Å². The summed E-state index contributed by atoms with van der Waals surface area (Å²) >= 11 is 31.5. The molecule has 14 nitrogen and oxygen atoms in total. The number of amides is 4. The SMILES string of the molecule is CC(=O)C(N=Nc1cccc(C(=O)Nc2ccc(C(C)Cl)cc2)c1Cl)C(=O)Nc1ccc(NC(=O)C(N=Nc2cccc(C(=O)Nc3ccc(C(C)Cl)cc3)c2Cl)C(C)=O)c(CCl)c1. The van der Waals surface area contributed by atoms with E-state index in [1.54, 1.807) is 48.5 Å². The zero-order valence-electron chi connectivity index (χ0n) is 34.5. The molecule has 0 saturated carbocycles. The molecule has 0 fully saturated rings. The van der Waals surface area contributed by atoms with E-state index >= 15 is 0 Å². The highest BCUT2D eigenvalue weighted by molar-refractivity contribution is 6.37. The summed E-state index contributed by atoms with van der Waals surface area (Å²) in [5.74, 6) is -4.21. The Kier molecular flexibility index (Phi) is 17.3. The van der Waals surface area contributed by atoms with E-state index in [0.717, 1.165) is 25.0 Å². The lowest BCUT2D eigenvalue weighted by molar-refractivity contribution is -0.127. The van der Waals surface area contributed by atoms with Crippen molar-refractivity contribution in [2.45, 2.75) is 56.4 Å². The van der Waals surface area contributed by atoms with Gasteiger partial charge >= 0.3 is 0 Å². The Balaban J connectivity index is 1.24. The van der Waals surface area contributed by atoms with Crippen molar-refractivity contribution in [3.8, 4) is 0 Å². The maximum Gasteiger partial charge on any atom is 0.258 e. The van der Waals surface area contributed by atoms with E-state index in [4.69, 9.17) is 58.0 Å². The first-order chi connectivity index (χ1) is 30.5. The molecule has 0 spiro atoms. The summed E-state index contributed by atoms with van der Waals surface area (Å²) in [4.78, 5) is 78.0. The van der Waals surface area contributed by atoms with Gasteiger partial charge in [-0.15, -0.1) is 34.8 Å². The highest BCUT2D eigenvalue weighted by atomic mass is 35.5. The van der Waals surface area contributed by atoms with Gasteiger partial charge in [-0.05, 0) is 111 Å². The third-order valence-corrected chi connectivity index (χ3v) is 10.9. The average molecular weight is 965 g/mol. The molecule has 4 atom stereocenters. The van der Waals surface area contributed by atoms with Crippen LogP contribution in [0.3, 0.4) is 0 Å². The fourth-order valence-electron chi connectivity index (χ4n) is 5.80. The third kappa shape index (κ3) is 12.8. The summed E-state index contributed by atoms with van der Waals surface area (Å²) in [6.45, 7) is 5.97. The van der Waals surface area contributed by atoms with Crippen molar-refractivity contribution < 1.29 is 28.8 Å². The largest absolute Gasteiger partial charge is 0.324 e. The van der Waals surface area contributed by atoms with Gasteiger partial charge in [-0.3, -0.25) is 28.8 Å². The van der Waals surface area contributed by atoms with Gasteiger partial charge in [-0.1, -0.05) is 59.6 Å². The van der Waals surface area contributed by atoms with Crippen LogP contribution >= 0.6 is 58.0 Å². The predicted octanol–water partition coefficient (Wildman–Crippen LogP) is 12.2. The Hall–Kier alpha value is -6.03. The number of alkyl halides is 3. The van der Waals surface area contributed by atoms with Gasteiger partial charge in [-0.25, -0.2) is 0 Å². The second-order valence-electron chi connectivity index (χ2n) is 14.1. The fraction of sp³-hybridized carbons (Fsp3) is 0.200. The van der Waals surface area contributed by atoms with Gasteiger partial charge in [-0.2, -0.15) is 20.5 Å². The van der Waals surface area contributed by atoms with Gasteiger partial charge < -0.3 is 21.3 Å². The standard InChI is InChI=1S/C45H39Cl5N8O6/c1-23(47)27-11-15-30(16-12-27)51-42(61)33-7-5-9-36(38(33)49)55-57-40(25(3)59)44(63)53-32-19-20-35(29(21-32)22-46)54-45(64)41(26(4)60)58-56-37-10-6-8-34(39(37)50)43(62)52-31-17-13-28(14-18-31)24(2)48/h5-21,23-24,40-41H,22H2,1-4H3,(H,51,61)(H,52,62)(H,53,63)(H,54,64). The molecule has 19 heteroatoms. The van der Waals surface area contributed by atoms with E-state index in [9.17, 15) is 28.8 Å². The number of Topliss-reactive ketones (excluding diaryl/α,β-unsaturated/α-hetero) is 2. The predicted molar refractivity (Wildman–Crippen MR) is 251 cm³/mol. The van der Waals surface area contributed by atoms with Crippen LogP contribution in [0.4, 0.5) is 34.1 Å². The van der Waals surface area contributed by atoms with Crippen molar-refractivity contribution in [2.24, 2.45) is 20.5 Å². The number of benzene rings is 5. The summed E-state index contributed by atoms with van der Waals surface area (Å²) < 4.78 is 0. The van der Waals surface area contributed by atoms with Crippen molar-refractivity contribution in [3.63, 3.8) is 0 Å². The molecular weight excluding hydrogens is 926 g/mol. The monoisotopic (exact) mass is 962 g/mol. The molecule has 0 aliphatic rings. The van der Waals surface area contributed by atoms with Gasteiger partial charge in [0.2, 0.25) is 12.1 Å². The van der Waals surface area contributed by atoms with Crippen molar-refractivity contribution in [1.82, 2.24) is 0 Å². The molecule has 5 aromatic rings.